The molecule has 0 radical (unpaired) electrons. The van der Waals surface area contributed by atoms with Crippen molar-refractivity contribution in [2.45, 2.75) is 24.6 Å². The number of benzene rings is 1. The molecule has 1 saturated heterocycles. The summed E-state index contributed by atoms with van der Waals surface area (Å²) in [5.41, 5.74) is 1.00. The Hall–Kier alpha value is -1.69. The molecule has 6 heteroatoms. The van der Waals surface area contributed by atoms with E-state index in [9.17, 15) is 9.59 Å². The standard InChI is InChI=1S/C14H18N2O3S/c17-13(18)11-4-1-3-10(7-11)8-15-14(19)16-9-12-5-2-6-20-12/h1,3-4,7,12H,2,5-6,8-9H2,(H,17,18)(H2,15,16,19). The number of urea groups is 1. The molecule has 108 valence electrons. The van der Waals surface area contributed by atoms with Crippen molar-refractivity contribution in [2.24, 2.45) is 0 Å². The van der Waals surface area contributed by atoms with E-state index >= 15 is 0 Å². The number of carboxylic acid groups (broad SMARTS) is 1. The fraction of sp³-hybridized carbons (Fsp3) is 0.429. The van der Waals surface area contributed by atoms with E-state index in [1.54, 1.807) is 18.2 Å². The van der Waals surface area contributed by atoms with Crippen molar-refractivity contribution in [1.29, 1.82) is 0 Å². The summed E-state index contributed by atoms with van der Waals surface area (Å²) in [5.74, 6) is 0.213. The van der Waals surface area contributed by atoms with Crippen LogP contribution in [0.3, 0.4) is 0 Å². The summed E-state index contributed by atoms with van der Waals surface area (Å²) in [6.45, 7) is 1.01. The van der Waals surface area contributed by atoms with Crippen LogP contribution in [0.2, 0.25) is 0 Å². The molecular weight excluding hydrogens is 276 g/mol. The van der Waals surface area contributed by atoms with E-state index in [0.717, 1.165) is 12.0 Å². The predicted molar refractivity (Wildman–Crippen MR) is 79.1 cm³/mol. The minimum atomic E-state index is -0.963. The lowest BCUT2D eigenvalue weighted by molar-refractivity contribution is 0.0696. The van der Waals surface area contributed by atoms with Gasteiger partial charge in [0.15, 0.2) is 0 Å². The van der Waals surface area contributed by atoms with Crippen molar-refractivity contribution in [3.8, 4) is 0 Å². The molecule has 0 aliphatic carbocycles. The molecule has 3 N–H and O–H groups in total. The molecule has 0 spiro atoms. The fourth-order valence-corrected chi connectivity index (χ4v) is 3.27. The van der Waals surface area contributed by atoms with Crippen LogP contribution in [0, 0.1) is 0 Å². The highest BCUT2D eigenvalue weighted by Crippen LogP contribution is 2.25. The average molecular weight is 294 g/mol. The SMILES string of the molecule is O=C(NCc1cccc(C(=O)O)c1)NCC1CCCS1. The molecule has 2 amide bonds. The van der Waals surface area contributed by atoms with Crippen molar-refractivity contribution >= 4 is 23.8 Å². The van der Waals surface area contributed by atoms with Gasteiger partial charge in [-0.1, -0.05) is 12.1 Å². The summed E-state index contributed by atoms with van der Waals surface area (Å²) in [4.78, 5) is 22.5. The Morgan fingerprint density at radius 3 is 2.90 bits per heavy atom. The molecule has 0 saturated carbocycles. The topological polar surface area (TPSA) is 78.4 Å². The second kappa shape index (κ2) is 7.19. The van der Waals surface area contributed by atoms with Crippen molar-refractivity contribution < 1.29 is 14.7 Å². The predicted octanol–water partition coefficient (Wildman–Crippen LogP) is 2.08. The van der Waals surface area contributed by atoms with Gasteiger partial charge in [-0.15, -0.1) is 0 Å². The normalized spacial score (nSPS) is 17.7. The first kappa shape index (κ1) is 14.7. The second-order valence-electron chi connectivity index (χ2n) is 4.70. The zero-order chi connectivity index (χ0) is 14.4. The molecule has 0 aromatic heterocycles. The zero-order valence-corrected chi connectivity index (χ0v) is 11.9. The number of nitrogens with one attached hydrogen (secondary N) is 2. The summed E-state index contributed by atoms with van der Waals surface area (Å²) in [7, 11) is 0. The lowest BCUT2D eigenvalue weighted by Crippen LogP contribution is -2.38. The monoisotopic (exact) mass is 294 g/mol. The van der Waals surface area contributed by atoms with E-state index in [1.807, 2.05) is 11.8 Å². The number of hydrogen-bond donors (Lipinski definition) is 3. The Labute approximate surface area is 122 Å². The van der Waals surface area contributed by atoms with Crippen LogP contribution in [0.5, 0.6) is 0 Å². The quantitative estimate of drug-likeness (QED) is 0.777. The largest absolute Gasteiger partial charge is 0.478 e. The van der Waals surface area contributed by atoms with E-state index in [-0.39, 0.29) is 11.6 Å². The molecule has 2 rings (SSSR count). The minimum Gasteiger partial charge on any atom is -0.478 e. The van der Waals surface area contributed by atoms with Crippen molar-refractivity contribution in [3.63, 3.8) is 0 Å². The first-order valence-corrected chi connectivity index (χ1v) is 7.65. The van der Waals surface area contributed by atoms with E-state index in [0.29, 0.717) is 18.3 Å². The van der Waals surface area contributed by atoms with Crippen LogP contribution in [0.4, 0.5) is 4.79 Å². The summed E-state index contributed by atoms with van der Waals surface area (Å²) in [6.07, 6.45) is 2.38. The number of carboxylic acids is 1. The highest BCUT2D eigenvalue weighted by Gasteiger charge is 2.15. The number of hydrogen-bond acceptors (Lipinski definition) is 3. The smallest absolute Gasteiger partial charge is 0.335 e. The Balaban J connectivity index is 1.75. The molecular formula is C14H18N2O3S. The Morgan fingerprint density at radius 1 is 1.35 bits per heavy atom. The molecule has 1 fully saturated rings. The minimum absolute atomic E-state index is 0.210. The van der Waals surface area contributed by atoms with E-state index < -0.39 is 5.97 Å². The molecule has 1 atom stereocenters. The van der Waals surface area contributed by atoms with Gasteiger partial charge in [0.25, 0.3) is 0 Å². The maximum Gasteiger partial charge on any atom is 0.335 e. The fourth-order valence-electron chi connectivity index (χ4n) is 2.07. The van der Waals surface area contributed by atoms with Crippen LogP contribution in [0.25, 0.3) is 0 Å². The zero-order valence-electron chi connectivity index (χ0n) is 11.1. The van der Waals surface area contributed by atoms with Crippen molar-refractivity contribution in [1.82, 2.24) is 10.6 Å². The average Bonchev–Trinajstić information content (AvgIpc) is 2.96. The first-order chi connectivity index (χ1) is 9.65. The maximum atomic E-state index is 11.6. The van der Waals surface area contributed by atoms with Gasteiger partial charge < -0.3 is 15.7 Å². The van der Waals surface area contributed by atoms with Crippen LogP contribution in [0.1, 0.15) is 28.8 Å². The molecule has 1 heterocycles. The third-order valence-corrected chi connectivity index (χ3v) is 4.54. The molecule has 1 unspecified atom stereocenters. The van der Waals surface area contributed by atoms with Gasteiger partial charge in [0.2, 0.25) is 0 Å². The number of rotatable bonds is 5. The van der Waals surface area contributed by atoms with Crippen LogP contribution < -0.4 is 10.6 Å². The van der Waals surface area contributed by atoms with Crippen molar-refractivity contribution in [2.75, 3.05) is 12.3 Å². The third kappa shape index (κ3) is 4.45. The van der Waals surface area contributed by atoms with Crippen LogP contribution in [-0.4, -0.2) is 34.7 Å². The van der Waals surface area contributed by atoms with Crippen LogP contribution >= 0.6 is 11.8 Å². The second-order valence-corrected chi connectivity index (χ2v) is 6.11. The van der Waals surface area contributed by atoms with Gasteiger partial charge in [0.1, 0.15) is 0 Å². The summed E-state index contributed by atoms with van der Waals surface area (Å²) in [6, 6.07) is 6.35. The highest BCUT2D eigenvalue weighted by atomic mass is 32.2. The van der Waals surface area contributed by atoms with Crippen LogP contribution in [-0.2, 0) is 6.54 Å². The molecule has 5 nitrogen and oxygen atoms in total. The van der Waals surface area contributed by atoms with E-state index in [1.165, 1.54) is 18.2 Å². The summed E-state index contributed by atoms with van der Waals surface area (Å²) in [5, 5.41) is 15.0. The van der Waals surface area contributed by atoms with Gasteiger partial charge in [-0.2, -0.15) is 11.8 Å². The van der Waals surface area contributed by atoms with Crippen LogP contribution in [0.15, 0.2) is 24.3 Å². The number of carbonyl (C=O) groups is 2. The lowest BCUT2D eigenvalue weighted by Gasteiger charge is -2.11. The Morgan fingerprint density at radius 2 is 2.20 bits per heavy atom. The van der Waals surface area contributed by atoms with E-state index in [4.69, 9.17) is 5.11 Å². The van der Waals surface area contributed by atoms with Gasteiger partial charge in [-0.05, 0) is 36.3 Å². The van der Waals surface area contributed by atoms with Gasteiger partial charge >= 0.3 is 12.0 Å². The highest BCUT2D eigenvalue weighted by molar-refractivity contribution is 8.00. The molecule has 20 heavy (non-hydrogen) atoms. The van der Waals surface area contributed by atoms with Crippen molar-refractivity contribution in [3.05, 3.63) is 35.4 Å². The van der Waals surface area contributed by atoms with Gasteiger partial charge in [-0.3, -0.25) is 0 Å². The summed E-state index contributed by atoms with van der Waals surface area (Å²) < 4.78 is 0. The first-order valence-electron chi connectivity index (χ1n) is 6.60. The van der Waals surface area contributed by atoms with Gasteiger partial charge in [-0.25, -0.2) is 9.59 Å². The lowest BCUT2D eigenvalue weighted by atomic mass is 10.1. The molecule has 1 aromatic rings. The number of amides is 2. The molecule has 0 bridgehead atoms. The molecule has 1 aliphatic heterocycles. The maximum absolute atomic E-state index is 11.6. The molecule has 1 aromatic carbocycles. The summed E-state index contributed by atoms with van der Waals surface area (Å²) >= 11 is 1.90. The molecule has 1 aliphatic rings. The number of thioether (sulfide) groups is 1. The Bertz CT molecular complexity index is 487. The van der Waals surface area contributed by atoms with E-state index in [2.05, 4.69) is 10.6 Å². The van der Waals surface area contributed by atoms with Gasteiger partial charge in [0.05, 0.1) is 5.56 Å². The third-order valence-electron chi connectivity index (χ3n) is 3.14. The number of aromatic carboxylic acids is 1. The Kier molecular flexibility index (Phi) is 5.29. The van der Waals surface area contributed by atoms with Gasteiger partial charge in [0, 0.05) is 18.3 Å². The number of carbonyl (C=O) groups excluding carboxylic acids is 1.